The number of nitrogens with zero attached hydrogens (tertiary/aromatic N) is 2. The summed E-state index contributed by atoms with van der Waals surface area (Å²) in [5.74, 6) is -1.67. The number of anilines is 2. The summed E-state index contributed by atoms with van der Waals surface area (Å²) in [5.41, 5.74) is 0.797. The first-order valence-electron chi connectivity index (χ1n) is 7.61. The van der Waals surface area contributed by atoms with E-state index in [0.29, 0.717) is 17.2 Å². The van der Waals surface area contributed by atoms with Crippen LogP contribution in [-0.2, 0) is 7.05 Å². The van der Waals surface area contributed by atoms with E-state index in [2.05, 4.69) is 10.4 Å². The maximum atomic E-state index is 14.6. The Balaban J connectivity index is 2.16. The summed E-state index contributed by atoms with van der Waals surface area (Å²) in [6.45, 7) is 1.63. The number of halogens is 4. The zero-order valence-corrected chi connectivity index (χ0v) is 15.0. The number of methoxy groups -OCH3 is 1. The van der Waals surface area contributed by atoms with Gasteiger partial charge in [-0.2, -0.15) is 5.10 Å². The van der Waals surface area contributed by atoms with E-state index in [4.69, 9.17) is 16.3 Å². The summed E-state index contributed by atoms with van der Waals surface area (Å²) in [6.07, 6.45) is 0. The molecule has 0 atom stereocenters. The summed E-state index contributed by atoms with van der Waals surface area (Å²) in [5, 5.41) is 7.33. The number of nitrogens with one attached hydrogen (secondary N) is 1. The molecule has 3 rings (SSSR count). The molecule has 0 bridgehead atoms. The van der Waals surface area contributed by atoms with Gasteiger partial charge in [-0.05, 0) is 25.1 Å². The van der Waals surface area contributed by atoms with E-state index in [-0.39, 0.29) is 21.9 Å². The summed E-state index contributed by atoms with van der Waals surface area (Å²) in [4.78, 5) is 0. The molecule has 0 saturated heterocycles. The average Bonchev–Trinajstić information content (AvgIpc) is 2.83. The van der Waals surface area contributed by atoms with Gasteiger partial charge < -0.3 is 10.1 Å². The van der Waals surface area contributed by atoms with Crippen molar-refractivity contribution >= 4 is 23.1 Å². The number of aryl methyl sites for hydroxylation is 2. The van der Waals surface area contributed by atoms with Crippen LogP contribution in [0.1, 0.15) is 5.69 Å². The lowest BCUT2D eigenvalue weighted by Crippen LogP contribution is -2.02. The molecule has 3 aromatic rings. The lowest BCUT2D eigenvalue weighted by atomic mass is 10.0. The first kappa shape index (κ1) is 18.1. The molecule has 0 radical (unpaired) electrons. The first-order valence-corrected chi connectivity index (χ1v) is 7.98. The van der Waals surface area contributed by atoms with Gasteiger partial charge in [0.1, 0.15) is 29.0 Å². The van der Waals surface area contributed by atoms with Crippen LogP contribution in [0.4, 0.5) is 24.7 Å². The van der Waals surface area contributed by atoms with Crippen molar-refractivity contribution in [2.45, 2.75) is 6.92 Å². The fraction of sp³-hybridized carbons (Fsp3) is 0.167. The molecule has 136 valence electrons. The summed E-state index contributed by atoms with van der Waals surface area (Å²) >= 11 is 6.04. The number of ether oxygens (including phenoxy) is 1. The fourth-order valence-corrected chi connectivity index (χ4v) is 2.94. The van der Waals surface area contributed by atoms with E-state index in [1.54, 1.807) is 14.0 Å². The van der Waals surface area contributed by atoms with Crippen LogP contribution in [0.25, 0.3) is 11.1 Å². The van der Waals surface area contributed by atoms with Gasteiger partial charge in [-0.15, -0.1) is 0 Å². The van der Waals surface area contributed by atoms with Gasteiger partial charge in [0, 0.05) is 19.2 Å². The largest absolute Gasteiger partial charge is 0.497 e. The zero-order valence-electron chi connectivity index (χ0n) is 14.2. The topological polar surface area (TPSA) is 39.1 Å². The van der Waals surface area contributed by atoms with Gasteiger partial charge in [0.25, 0.3) is 0 Å². The maximum Gasteiger partial charge on any atom is 0.137 e. The highest BCUT2D eigenvalue weighted by Gasteiger charge is 2.23. The molecule has 1 N–H and O–H groups in total. The third-order valence-corrected chi connectivity index (χ3v) is 4.22. The standard InChI is InChI=1S/C18H15ClF3N3O/c1-9-16(17-13(21)7-11(26-3)8-14(17)22)18(25(2)24-9)23-15-5-4-10(20)6-12(15)19/h4-8,23H,1-3H3. The SMILES string of the molecule is COc1cc(F)c(-c2c(C)nn(C)c2Nc2ccc(F)cc2Cl)c(F)c1. The van der Waals surface area contributed by atoms with Crippen LogP contribution < -0.4 is 10.1 Å². The van der Waals surface area contributed by atoms with Gasteiger partial charge in [0.2, 0.25) is 0 Å². The molecule has 2 aromatic carbocycles. The van der Waals surface area contributed by atoms with E-state index in [1.807, 2.05) is 0 Å². The third kappa shape index (κ3) is 3.22. The zero-order chi connectivity index (χ0) is 19.0. The minimum Gasteiger partial charge on any atom is -0.497 e. The van der Waals surface area contributed by atoms with Crippen LogP contribution in [0.5, 0.6) is 5.75 Å². The summed E-state index contributed by atoms with van der Waals surface area (Å²) < 4.78 is 48.7. The Labute approximate surface area is 153 Å². The number of hydrogen-bond donors (Lipinski definition) is 1. The molecule has 0 aliphatic rings. The van der Waals surface area contributed by atoms with Gasteiger partial charge in [-0.3, -0.25) is 4.68 Å². The first-order chi connectivity index (χ1) is 12.3. The lowest BCUT2D eigenvalue weighted by Gasteiger charge is -2.13. The van der Waals surface area contributed by atoms with Crippen molar-refractivity contribution < 1.29 is 17.9 Å². The number of benzene rings is 2. The molecule has 0 spiro atoms. The molecule has 0 aliphatic carbocycles. The van der Waals surface area contributed by atoms with Crippen molar-refractivity contribution in [1.82, 2.24) is 9.78 Å². The average molecular weight is 382 g/mol. The molecule has 0 unspecified atom stereocenters. The molecule has 0 amide bonds. The van der Waals surface area contributed by atoms with Crippen molar-refractivity contribution in [3.63, 3.8) is 0 Å². The Bertz CT molecular complexity index is 965. The predicted octanol–water partition coefficient (Wildman–Crippen LogP) is 5.22. The highest BCUT2D eigenvalue weighted by molar-refractivity contribution is 6.33. The Kier molecular flexibility index (Phi) is 4.82. The Morgan fingerprint density at radius 2 is 1.73 bits per heavy atom. The lowest BCUT2D eigenvalue weighted by molar-refractivity contribution is 0.407. The molecule has 0 fully saturated rings. The maximum absolute atomic E-state index is 14.6. The second kappa shape index (κ2) is 6.92. The molecule has 1 heterocycles. The Morgan fingerprint density at radius 3 is 2.31 bits per heavy atom. The van der Waals surface area contributed by atoms with Crippen molar-refractivity contribution in [3.8, 4) is 16.9 Å². The van der Waals surface area contributed by atoms with E-state index >= 15 is 0 Å². The minimum atomic E-state index is -0.786. The second-order valence-electron chi connectivity index (χ2n) is 5.65. The molecule has 1 aromatic heterocycles. The summed E-state index contributed by atoms with van der Waals surface area (Å²) in [6, 6.07) is 6.00. The van der Waals surface area contributed by atoms with Gasteiger partial charge in [0.15, 0.2) is 0 Å². The van der Waals surface area contributed by atoms with E-state index in [9.17, 15) is 13.2 Å². The normalized spacial score (nSPS) is 10.9. The van der Waals surface area contributed by atoms with E-state index < -0.39 is 17.5 Å². The molecule has 0 saturated carbocycles. The fourth-order valence-electron chi connectivity index (χ4n) is 2.73. The third-order valence-electron chi connectivity index (χ3n) is 3.91. The van der Waals surface area contributed by atoms with Crippen LogP contribution in [0, 0.1) is 24.4 Å². The molecule has 8 heteroatoms. The Hall–Kier alpha value is -2.67. The summed E-state index contributed by atoms with van der Waals surface area (Å²) in [7, 11) is 2.95. The van der Waals surface area contributed by atoms with E-state index in [1.165, 1.54) is 23.9 Å². The van der Waals surface area contributed by atoms with Crippen LogP contribution >= 0.6 is 11.6 Å². The minimum absolute atomic E-state index is 0.0707. The molecule has 26 heavy (non-hydrogen) atoms. The van der Waals surface area contributed by atoms with Crippen LogP contribution in [-0.4, -0.2) is 16.9 Å². The van der Waals surface area contributed by atoms with Crippen LogP contribution in [0.15, 0.2) is 30.3 Å². The highest BCUT2D eigenvalue weighted by atomic mass is 35.5. The van der Waals surface area contributed by atoms with Crippen molar-refractivity contribution in [3.05, 3.63) is 58.5 Å². The second-order valence-corrected chi connectivity index (χ2v) is 6.06. The molecule has 0 aliphatic heterocycles. The number of hydrogen-bond acceptors (Lipinski definition) is 3. The van der Waals surface area contributed by atoms with E-state index in [0.717, 1.165) is 18.2 Å². The van der Waals surface area contributed by atoms with Gasteiger partial charge in [0.05, 0.1) is 34.6 Å². The van der Waals surface area contributed by atoms with Crippen molar-refractivity contribution in [1.29, 1.82) is 0 Å². The van der Waals surface area contributed by atoms with Gasteiger partial charge in [-0.1, -0.05) is 11.6 Å². The Morgan fingerprint density at radius 1 is 1.08 bits per heavy atom. The molecule has 4 nitrogen and oxygen atoms in total. The number of rotatable bonds is 4. The van der Waals surface area contributed by atoms with Crippen LogP contribution in [0.3, 0.4) is 0 Å². The molecular formula is C18H15ClF3N3O. The smallest absolute Gasteiger partial charge is 0.137 e. The van der Waals surface area contributed by atoms with Crippen molar-refractivity contribution in [2.75, 3.05) is 12.4 Å². The van der Waals surface area contributed by atoms with Crippen molar-refractivity contribution in [2.24, 2.45) is 7.05 Å². The molecular weight excluding hydrogens is 367 g/mol. The quantitative estimate of drug-likeness (QED) is 0.673. The predicted molar refractivity (Wildman–Crippen MR) is 94.5 cm³/mol. The van der Waals surface area contributed by atoms with Gasteiger partial charge in [-0.25, -0.2) is 13.2 Å². The van der Waals surface area contributed by atoms with Crippen LogP contribution in [0.2, 0.25) is 5.02 Å². The highest BCUT2D eigenvalue weighted by Crippen LogP contribution is 2.38. The van der Waals surface area contributed by atoms with Gasteiger partial charge >= 0.3 is 0 Å². The monoisotopic (exact) mass is 381 g/mol. The number of aromatic nitrogens is 2.